The first kappa shape index (κ1) is 24.7. The number of likely N-dealkylation sites (N-methyl/N-ethyl adjacent to an activating group) is 1. The molecule has 5 rings (SSSR count). The second-order valence-electron chi connectivity index (χ2n) is 8.62. The average molecular weight is 534 g/mol. The molecule has 1 aliphatic heterocycles. The summed E-state index contributed by atoms with van der Waals surface area (Å²) >= 11 is 13.1. The van der Waals surface area contributed by atoms with Gasteiger partial charge in [0, 0.05) is 28.7 Å². The minimum absolute atomic E-state index is 0.0423. The summed E-state index contributed by atoms with van der Waals surface area (Å²) in [5.41, 5.74) is 3.01. The first-order valence-corrected chi connectivity index (χ1v) is 12.2. The van der Waals surface area contributed by atoms with Crippen LogP contribution in [0, 0.1) is 6.92 Å². The number of hydrogen-bond acceptors (Lipinski definition) is 5. The lowest BCUT2D eigenvalue weighted by Crippen LogP contribution is -2.41. The van der Waals surface area contributed by atoms with Gasteiger partial charge in [-0.25, -0.2) is 4.98 Å². The minimum Gasteiger partial charge on any atom is -0.487 e. The molecule has 0 bridgehead atoms. The van der Waals surface area contributed by atoms with Crippen molar-refractivity contribution in [1.29, 1.82) is 0 Å². The summed E-state index contributed by atoms with van der Waals surface area (Å²) in [7, 11) is 1.53. The number of carbonyl (C=O) groups excluding carboxylic acids is 3. The Balaban J connectivity index is 1.36. The number of hydrogen-bond donors (Lipinski definition) is 0. The topological polar surface area (TPSA) is 79.8 Å². The number of anilines is 1. The molecule has 0 atom stereocenters. The van der Waals surface area contributed by atoms with Crippen LogP contribution in [0.25, 0.3) is 10.9 Å². The highest BCUT2D eigenvalue weighted by molar-refractivity contribution is 6.38. The molecule has 3 aromatic carbocycles. The summed E-state index contributed by atoms with van der Waals surface area (Å²) in [4.78, 5) is 45.2. The third-order valence-corrected chi connectivity index (χ3v) is 7.04. The number of aromatic nitrogens is 1. The molecule has 0 saturated carbocycles. The summed E-state index contributed by atoms with van der Waals surface area (Å²) in [6.45, 7) is 1.53. The quantitative estimate of drug-likeness (QED) is 0.297. The van der Waals surface area contributed by atoms with Gasteiger partial charge < -0.3 is 9.64 Å². The van der Waals surface area contributed by atoms with Gasteiger partial charge >= 0.3 is 0 Å². The van der Waals surface area contributed by atoms with E-state index in [-0.39, 0.29) is 22.8 Å². The maximum absolute atomic E-state index is 13.1. The van der Waals surface area contributed by atoms with Crippen LogP contribution in [0.3, 0.4) is 0 Å². The standard InChI is InChI=1S/C28H21Cl2N3O4/c1-16-10-11-17-6-5-9-23(26(17)31-16)37-15-20-21(29)12-13-22(25(20)30)32(2)24(34)14-33-27(35)18-7-3-4-8-19(18)28(33)36/h3-13H,14-15H2,1-2H3. The molecule has 0 aliphatic carbocycles. The Morgan fingerprint density at radius 2 is 1.65 bits per heavy atom. The predicted octanol–water partition coefficient (Wildman–Crippen LogP) is 5.69. The molecule has 0 saturated heterocycles. The highest BCUT2D eigenvalue weighted by Crippen LogP contribution is 2.35. The van der Waals surface area contributed by atoms with Gasteiger partial charge in [0.2, 0.25) is 5.91 Å². The molecule has 0 fully saturated rings. The molecule has 1 aliphatic rings. The maximum atomic E-state index is 13.1. The zero-order chi connectivity index (χ0) is 26.3. The SMILES string of the molecule is Cc1ccc2cccc(OCc3c(Cl)ccc(N(C)C(=O)CN4C(=O)c5ccccc5C4=O)c3Cl)c2n1. The summed E-state index contributed by atoms with van der Waals surface area (Å²) in [5.74, 6) is -0.914. The molecular weight excluding hydrogens is 513 g/mol. The number of amides is 3. The van der Waals surface area contributed by atoms with Crippen molar-refractivity contribution in [2.45, 2.75) is 13.5 Å². The van der Waals surface area contributed by atoms with E-state index < -0.39 is 24.3 Å². The van der Waals surface area contributed by atoms with E-state index in [1.165, 1.54) is 11.9 Å². The Kier molecular flexibility index (Phi) is 6.58. The molecule has 0 N–H and O–H groups in total. The van der Waals surface area contributed by atoms with Crippen molar-refractivity contribution in [3.05, 3.63) is 99.2 Å². The van der Waals surface area contributed by atoms with E-state index in [4.69, 9.17) is 27.9 Å². The Morgan fingerprint density at radius 1 is 0.946 bits per heavy atom. The number of ether oxygens (including phenoxy) is 1. The van der Waals surface area contributed by atoms with Crippen molar-refractivity contribution >= 4 is 57.5 Å². The van der Waals surface area contributed by atoms with Crippen LogP contribution < -0.4 is 9.64 Å². The number of benzene rings is 3. The van der Waals surface area contributed by atoms with Gasteiger partial charge in [-0.2, -0.15) is 0 Å². The van der Waals surface area contributed by atoms with Gasteiger partial charge in [0.25, 0.3) is 11.8 Å². The fraction of sp³-hybridized carbons (Fsp3) is 0.143. The number of fused-ring (bicyclic) bond motifs is 2. The summed E-state index contributed by atoms with van der Waals surface area (Å²) < 4.78 is 6.06. The molecule has 2 heterocycles. The van der Waals surface area contributed by atoms with Crippen molar-refractivity contribution in [2.75, 3.05) is 18.5 Å². The number of imide groups is 1. The lowest BCUT2D eigenvalue weighted by atomic mass is 10.1. The van der Waals surface area contributed by atoms with Crippen molar-refractivity contribution in [1.82, 2.24) is 9.88 Å². The predicted molar refractivity (Wildman–Crippen MR) is 142 cm³/mol. The number of aryl methyl sites for hydroxylation is 1. The number of para-hydroxylation sites is 1. The monoisotopic (exact) mass is 533 g/mol. The van der Waals surface area contributed by atoms with E-state index in [1.54, 1.807) is 36.4 Å². The molecule has 186 valence electrons. The van der Waals surface area contributed by atoms with E-state index in [0.717, 1.165) is 21.5 Å². The van der Waals surface area contributed by atoms with Crippen LogP contribution in [-0.4, -0.2) is 41.2 Å². The summed E-state index contributed by atoms with van der Waals surface area (Å²) in [6, 6.07) is 19.3. The molecule has 3 amide bonds. The van der Waals surface area contributed by atoms with E-state index in [9.17, 15) is 14.4 Å². The van der Waals surface area contributed by atoms with Crippen LogP contribution >= 0.6 is 23.2 Å². The van der Waals surface area contributed by atoms with Crippen molar-refractivity contribution in [3.63, 3.8) is 0 Å². The zero-order valence-corrected chi connectivity index (χ0v) is 21.5. The summed E-state index contributed by atoms with van der Waals surface area (Å²) in [5, 5.41) is 1.54. The molecular formula is C28H21Cl2N3O4. The Morgan fingerprint density at radius 3 is 2.35 bits per heavy atom. The number of nitrogens with zero attached hydrogens (tertiary/aromatic N) is 3. The van der Waals surface area contributed by atoms with Crippen LogP contribution in [0.2, 0.25) is 10.0 Å². The van der Waals surface area contributed by atoms with E-state index in [0.29, 0.717) is 22.0 Å². The Hall–Kier alpha value is -3.94. The minimum atomic E-state index is -0.502. The molecule has 7 nitrogen and oxygen atoms in total. The third kappa shape index (κ3) is 4.52. The lowest BCUT2D eigenvalue weighted by Gasteiger charge is -2.23. The van der Waals surface area contributed by atoms with Crippen LogP contribution in [0.15, 0.2) is 66.7 Å². The first-order valence-electron chi connectivity index (χ1n) is 11.4. The third-order valence-electron chi connectivity index (χ3n) is 6.27. The number of halogens is 2. The van der Waals surface area contributed by atoms with Gasteiger partial charge in [-0.15, -0.1) is 0 Å². The first-order chi connectivity index (χ1) is 17.8. The molecule has 0 spiro atoms. The fourth-order valence-corrected chi connectivity index (χ4v) is 4.83. The van der Waals surface area contributed by atoms with Crippen molar-refractivity contribution < 1.29 is 19.1 Å². The summed E-state index contributed by atoms with van der Waals surface area (Å²) in [6.07, 6.45) is 0. The molecule has 9 heteroatoms. The normalized spacial score (nSPS) is 12.7. The molecule has 0 radical (unpaired) electrons. The van der Waals surface area contributed by atoms with E-state index >= 15 is 0 Å². The molecule has 1 aromatic heterocycles. The van der Waals surface area contributed by atoms with E-state index in [2.05, 4.69) is 4.98 Å². The highest BCUT2D eigenvalue weighted by atomic mass is 35.5. The second kappa shape index (κ2) is 9.84. The van der Waals surface area contributed by atoms with Crippen LogP contribution in [0.4, 0.5) is 5.69 Å². The Bertz CT molecular complexity index is 1550. The van der Waals surface area contributed by atoms with Gasteiger partial charge in [-0.1, -0.05) is 53.5 Å². The number of rotatable bonds is 6. The van der Waals surface area contributed by atoms with E-state index in [1.807, 2.05) is 37.3 Å². The van der Waals surface area contributed by atoms with Gasteiger partial charge in [0.05, 0.1) is 21.8 Å². The van der Waals surface area contributed by atoms with Crippen LogP contribution in [-0.2, 0) is 11.4 Å². The zero-order valence-electron chi connectivity index (χ0n) is 20.0. The highest BCUT2D eigenvalue weighted by Gasteiger charge is 2.37. The van der Waals surface area contributed by atoms with Gasteiger partial charge in [0.1, 0.15) is 24.4 Å². The maximum Gasteiger partial charge on any atom is 0.262 e. The average Bonchev–Trinajstić information content (AvgIpc) is 3.13. The fourth-order valence-electron chi connectivity index (χ4n) is 4.22. The Labute approximate surface area is 223 Å². The van der Waals surface area contributed by atoms with Crippen LogP contribution in [0.1, 0.15) is 32.0 Å². The van der Waals surface area contributed by atoms with Gasteiger partial charge in [-0.3, -0.25) is 19.3 Å². The van der Waals surface area contributed by atoms with Crippen LogP contribution in [0.5, 0.6) is 5.75 Å². The number of carbonyl (C=O) groups is 3. The smallest absolute Gasteiger partial charge is 0.262 e. The lowest BCUT2D eigenvalue weighted by molar-refractivity contribution is -0.118. The molecule has 4 aromatic rings. The van der Waals surface area contributed by atoms with Crippen molar-refractivity contribution in [3.8, 4) is 5.75 Å². The number of pyridine rings is 1. The van der Waals surface area contributed by atoms with Gasteiger partial charge in [-0.05, 0) is 43.3 Å². The van der Waals surface area contributed by atoms with Gasteiger partial charge in [0.15, 0.2) is 0 Å². The van der Waals surface area contributed by atoms with Crippen molar-refractivity contribution in [2.24, 2.45) is 0 Å². The largest absolute Gasteiger partial charge is 0.487 e. The molecule has 37 heavy (non-hydrogen) atoms. The second-order valence-corrected chi connectivity index (χ2v) is 9.41. The molecule has 0 unspecified atom stereocenters.